The lowest BCUT2D eigenvalue weighted by Gasteiger charge is -2.48. The third-order valence-corrected chi connectivity index (χ3v) is 8.11. The molecular weight excluding hydrogens is 395 g/mol. The molecule has 1 aromatic carbocycles. The molecule has 0 amide bonds. The predicted octanol–water partition coefficient (Wildman–Crippen LogP) is 6.44. The molecule has 4 nitrogen and oxygen atoms in total. The predicted molar refractivity (Wildman–Crippen MR) is 121 cm³/mol. The first-order chi connectivity index (χ1) is 14.4. The van der Waals surface area contributed by atoms with Crippen molar-refractivity contribution >= 4 is 13.4 Å². The largest absolute Gasteiger partial charge is 0.496 e. The standard InChI is InChI=1S/C25H35O4P/c1-3-8-19-20-11-4-5-12-21(20)23-14-7-13-22(19)24(23)25(29-2)18-10-6-9-17(15-18)16-30(26,27)28/h6,9-10,15,19,22-23H,3-5,7-8,11-14,16H2,1-2H3,(H2,26,27,28)/b25-24+. The number of allylic oxidation sites excluding steroid dienone is 3. The smallest absolute Gasteiger partial charge is 0.329 e. The first-order valence-electron chi connectivity index (χ1n) is 11.6. The summed E-state index contributed by atoms with van der Waals surface area (Å²) in [5.41, 5.74) is 6.57. The Balaban J connectivity index is 1.83. The van der Waals surface area contributed by atoms with Gasteiger partial charge >= 0.3 is 7.60 Å². The first kappa shape index (κ1) is 21.9. The molecule has 2 N–H and O–H groups in total. The third-order valence-electron chi connectivity index (χ3n) is 7.34. The summed E-state index contributed by atoms with van der Waals surface area (Å²) >= 11 is 0. The molecule has 0 heterocycles. The van der Waals surface area contributed by atoms with Gasteiger partial charge in [0, 0.05) is 11.5 Å². The number of rotatable bonds is 6. The van der Waals surface area contributed by atoms with Crippen LogP contribution in [0.1, 0.15) is 75.8 Å². The van der Waals surface area contributed by atoms with Crippen LogP contribution in [0.2, 0.25) is 0 Å². The van der Waals surface area contributed by atoms with Gasteiger partial charge in [-0.1, -0.05) is 49.1 Å². The lowest BCUT2D eigenvalue weighted by atomic mass is 9.57. The molecule has 0 spiro atoms. The SMILES string of the molecule is CCCC1C2=C(CCCC2)C2CCCC1/C2=C(\OC)c1cccc(CP(=O)(O)O)c1. The minimum atomic E-state index is -4.10. The summed E-state index contributed by atoms with van der Waals surface area (Å²) in [6, 6.07) is 7.64. The van der Waals surface area contributed by atoms with Crippen LogP contribution < -0.4 is 0 Å². The second-order valence-corrected chi connectivity index (χ2v) is 10.9. The van der Waals surface area contributed by atoms with Crippen LogP contribution >= 0.6 is 7.60 Å². The van der Waals surface area contributed by atoms with Gasteiger partial charge in [0.15, 0.2) is 0 Å². The zero-order chi connectivity index (χ0) is 21.3. The quantitative estimate of drug-likeness (QED) is 0.310. The zero-order valence-electron chi connectivity index (χ0n) is 18.3. The van der Waals surface area contributed by atoms with Crippen molar-refractivity contribution in [1.82, 2.24) is 0 Å². The van der Waals surface area contributed by atoms with Crippen molar-refractivity contribution in [2.75, 3.05) is 7.11 Å². The molecule has 0 aromatic heterocycles. The van der Waals surface area contributed by atoms with Crippen molar-refractivity contribution in [2.45, 2.75) is 70.9 Å². The van der Waals surface area contributed by atoms with E-state index in [1.54, 1.807) is 24.3 Å². The maximum Gasteiger partial charge on any atom is 0.329 e. The van der Waals surface area contributed by atoms with E-state index in [4.69, 9.17) is 4.74 Å². The lowest BCUT2D eigenvalue weighted by Crippen LogP contribution is -2.36. The molecule has 0 aliphatic heterocycles. The van der Waals surface area contributed by atoms with Crippen LogP contribution in [-0.4, -0.2) is 16.9 Å². The number of fused-ring (bicyclic) bond motifs is 3. The Hall–Kier alpha value is -1.35. The molecule has 3 atom stereocenters. The Morgan fingerprint density at radius 2 is 1.90 bits per heavy atom. The number of methoxy groups -OCH3 is 1. The summed E-state index contributed by atoms with van der Waals surface area (Å²) in [5, 5.41) is 0. The van der Waals surface area contributed by atoms with Crippen LogP contribution in [0.15, 0.2) is 41.0 Å². The fraction of sp³-hybridized carbons (Fsp3) is 0.600. The highest BCUT2D eigenvalue weighted by Gasteiger charge is 2.44. The molecule has 1 aromatic rings. The van der Waals surface area contributed by atoms with Gasteiger partial charge in [-0.2, -0.15) is 0 Å². The molecule has 3 aliphatic rings. The molecule has 0 radical (unpaired) electrons. The van der Waals surface area contributed by atoms with Gasteiger partial charge in [0.05, 0.1) is 13.3 Å². The molecule has 3 unspecified atom stereocenters. The number of ether oxygens (including phenoxy) is 1. The second-order valence-electron chi connectivity index (χ2n) is 9.25. The molecule has 1 saturated carbocycles. The Labute approximate surface area is 180 Å². The fourth-order valence-corrected chi connectivity index (χ4v) is 7.04. The molecule has 164 valence electrons. The Kier molecular flexibility index (Phi) is 6.58. The van der Waals surface area contributed by atoms with Gasteiger partial charge in [-0.25, -0.2) is 0 Å². The normalized spacial score (nSPS) is 28.2. The number of hydrogen-bond donors (Lipinski definition) is 2. The van der Waals surface area contributed by atoms with E-state index in [9.17, 15) is 14.4 Å². The van der Waals surface area contributed by atoms with E-state index in [2.05, 4.69) is 6.92 Å². The van der Waals surface area contributed by atoms with Crippen molar-refractivity contribution in [3.8, 4) is 0 Å². The molecule has 3 aliphatic carbocycles. The van der Waals surface area contributed by atoms with E-state index in [0.29, 0.717) is 23.3 Å². The van der Waals surface area contributed by atoms with Crippen LogP contribution in [0.4, 0.5) is 0 Å². The highest BCUT2D eigenvalue weighted by Crippen LogP contribution is 2.56. The molecule has 2 bridgehead atoms. The van der Waals surface area contributed by atoms with Gasteiger partial charge in [-0.3, -0.25) is 4.57 Å². The van der Waals surface area contributed by atoms with Gasteiger partial charge in [-0.05, 0) is 74.0 Å². The van der Waals surface area contributed by atoms with Crippen LogP contribution in [0.25, 0.3) is 5.76 Å². The molecule has 5 heteroatoms. The van der Waals surface area contributed by atoms with E-state index >= 15 is 0 Å². The molecule has 1 fully saturated rings. The van der Waals surface area contributed by atoms with Crippen LogP contribution in [0.3, 0.4) is 0 Å². The topological polar surface area (TPSA) is 66.8 Å². The van der Waals surface area contributed by atoms with Gasteiger partial charge in [-0.15, -0.1) is 0 Å². The second kappa shape index (κ2) is 9.02. The monoisotopic (exact) mass is 430 g/mol. The van der Waals surface area contributed by atoms with Gasteiger partial charge < -0.3 is 14.5 Å². The number of hydrogen-bond acceptors (Lipinski definition) is 2. The average Bonchev–Trinajstić information content (AvgIpc) is 2.71. The van der Waals surface area contributed by atoms with Crippen LogP contribution in [-0.2, 0) is 15.5 Å². The van der Waals surface area contributed by atoms with Crippen molar-refractivity contribution in [1.29, 1.82) is 0 Å². The lowest BCUT2D eigenvalue weighted by molar-refractivity contribution is 0.248. The highest BCUT2D eigenvalue weighted by molar-refractivity contribution is 7.50. The summed E-state index contributed by atoms with van der Waals surface area (Å²) in [4.78, 5) is 18.8. The van der Waals surface area contributed by atoms with Crippen molar-refractivity contribution < 1.29 is 19.1 Å². The minimum Gasteiger partial charge on any atom is -0.496 e. The Bertz CT molecular complexity index is 894. The van der Waals surface area contributed by atoms with Gasteiger partial charge in [0.2, 0.25) is 0 Å². The Morgan fingerprint density at radius 1 is 1.13 bits per heavy atom. The first-order valence-corrected chi connectivity index (χ1v) is 13.4. The van der Waals surface area contributed by atoms with Gasteiger partial charge in [0.25, 0.3) is 0 Å². The van der Waals surface area contributed by atoms with E-state index in [-0.39, 0.29) is 6.16 Å². The van der Waals surface area contributed by atoms with Crippen molar-refractivity contribution in [2.24, 2.45) is 17.8 Å². The van der Waals surface area contributed by atoms with E-state index < -0.39 is 7.60 Å². The molecule has 0 saturated heterocycles. The zero-order valence-corrected chi connectivity index (χ0v) is 19.2. The van der Waals surface area contributed by atoms with Crippen LogP contribution in [0.5, 0.6) is 0 Å². The summed E-state index contributed by atoms with van der Waals surface area (Å²) in [7, 11) is -2.34. The summed E-state index contributed by atoms with van der Waals surface area (Å²) in [6.45, 7) is 2.30. The molecule has 4 rings (SSSR count). The summed E-state index contributed by atoms with van der Waals surface area (Å²) in [5.74, 6) is 2.63. The minimum absolute atomic E-state index is 0.228. The van der Waals surface area contributed by atoms with Crippen molar-refractivity contribution in [3.05, 3.63) is 52.1 Å². The molecule has 30 heavy (non-hydrogen) atoms. The Morgan fingerprint density at radius 3 is 2.60 bits per heavy atom. The third kappa shape index (κ3) is 4.33. The van der Waals surface area contributed by atoms with E-state index in [1.807, 2.05) is 18.2 Å². The maximum atomic E-state index is 11.5. The van der Waals surface area contributed by atoms with Crippen molar-refractivity contribution in [3.63, 3.8) is 0 Å². The fourth-order valence-electron chi connectivity index (χ4n) is 6.37. The summed E-state index contributed by atoms with van der Waals surface area (Å²) in [6.07, 6.45) is 11.1. The highest BCUT2D eigenvalue weighted by atomic mass is 31.2. The average molecular weight is 431 g/mol. The molecular formula is C25H35O4P. The van der Waals surface area contributed by atoms with E-state index in [0.717, 1.165) is 11.3 Å². The summed E-state index contributed by atoms with van der Waals surface area (Å²) < 4.78 is 17.6. The maximum absolute atomic E-state index is 11.5. The van der Waals surface area contributed by atoms with E-state index in [1.165, 1.54) is 63.4 Å². The van der Waals surface area contributed by atoms with Crippen LogP contribution in [0, 0.1) is 17.8 Å². The van der Waals surface area contributed by atoms with Gasteiger partial charge in [0.1, 0.15) is 5.76 Å². The number of benzene rings is 1.